The van der Waals surface area contributed by atoms with Gasteiger partial charge in [0.25, 0.3) is 0 Å². The minimum absolute atomic E-state index is 0.0231. The van der Waals surface area contributed by atoms with Crippen molar-refractivity contribution in [2.75, 3.05) is 6.54 Å². The summed E-state index contributed by atoms with van der Waals surface area (Å²) >= 11 is 12.3. The van der Waals surface area contributed by atoms with Crippen molar-refractivity contribution in [2.24, 2.45) is 5.73 Å². The number of nitrogens with two attached hydrogens (primary N) is 1. The van der Waals surface area contributed by atoms with Crippen LogP contribution in [0.2, 0.25) is 10.0 Å². The molecule has 0 radical (unpaired) electrons. The summed E-state index contributed by atoms with van der Waals surface area (Å²) in [6, 6.07) is 3.26. The molecule has 0 aliphatic carbocycles. The lowest BCUT2D eigenvalue weighted by Crippen LogP contribution is -2.44. The second-order valence-electron chi connectivity index (χ2n) is 5.16. The van der Waals surface area contributed by atoms with Crippen LogP contribution in [0, 0.1) is 0 Å². The molecule has 1 aromatic carbocycles. The highest BCUT2D eigenvalue weighted by molar-refractivity contribution is 6.45. The predicted octanol–water partition coefficient (Wildman–Crippen LogP) is 2.71. The third kappa shape index (κ3) is 2.08. The van der Waals surface area contributed by atoms with E-state index in [9.17, 15) is 4.79 Å². The van der Waals surface area contributed by atoms with Gasteiger partial charge in [0.2, 0.25) is 5.91 Å². The van der Waals surface area contributed by atoms with Crippen LogP contribution in [-0.2, 0) is 17.8 Å². The van der Waals surface area contributed by atoms with Gasteiger partial charge in [-0.1, -0.05) is 29.3 Å². The van der Waals surface area contributed by atoms with Gasteiger partial charge in [-0.2, -0.15) is 0 Å². The smallest absolute Gasteiger partial charge is 0.239 e. The minimum Gasteiger partial charge on any atom is -0.357 e. The predicted molar refractivity (Wildman–Crippen MR) is 81.1 cm³/mol. The van der Waals surface area contributed by atoms with Crippen LogP contribution in [0.25, 0.3) is 10.9 Å². The van der Waals surface area contributed by atoms with Crippen LogP contribution in [0.1, 0.15) is 18.2 Å². The summed E-state index contributed by atoms with van der Waals surface area (Å²) in [7, 11) is 0. The molecule has 4 nitrogen and oxygen atoms in total. The van der Waals surface area contributed by atoms with Crippen molar-refractivity contribution in [1.29, 1.82) is 0 Å². The highest BCUT2D eigenvalue weighted by atomic mass is 35.5. The Morgan fingerprint density at radius 3 is 2.90 bits per heavy atom. The Kier molecular flexibility index (Phi) is 3.40. The molecule has 0 fully saturated rings. The molecule has 2 heterocycles. The van der Waals surface area contributed by atoms with Crippen molar-refractivity contribution < 1.29 is 4.79 Å². The number of H-pyrrole nitrogens is 1. The summed E-state index contributed by atoms with van der Waals surface area (Å²) in [6.45, 7) is 2.95. The van der Waals surface area contributed by atoms with E-state index >= 15 is 0 Å². The van der Waals surface area contributed by atoms with E-state index in [1.807, 2.05) is 6.07 Å². The molecule has 1 atom stereocenters. The zero-order valence-electron chi connectivity index (χ0n) is 11.0. The largest absolute Gasteiger partial charge is 0.357 e. The standard InChI is InChI=1S/C14H15Cl2N3O/c1-7(17)14(20)19-5-4-11-9(6-19)8-2-3-10(15)12(16)13(8)18-11/h2-3,7,18H,4-6,17H2,1H3/t7-/m1/s1. The number of carbonyl (C=O) groups excluding carboxylic acids is 1. The van der Waals surface area contributed by atoms with Crippen molar-refractivity contribution in [3.05, 3.63) is 33.4 Å². The van der Waals surface area contributed by atoms with E-state index in [0.29, 0.717) is 23.1 Å². The Hall–Kier alpha value is -1.23. The summed E-state index contributed by atoms with van der Waals surface area (Å²) in [6.07, 6.45) is 0.774. The molecule has 0 unspecified atom stereocenters. The van der Waals surface area contributed by atoms with Crippen LogP contribution in [0.15, 0.2) is 12.1 Å². The molecular weight excluding hydrogens is 297 g/mol. The fourth-order valence-corrected chi connectivity index (χ4v) is 3.07. The summed E-state index contributed by atoms with van der Waals surface area (Å²) in [4.78, 5) is 17.2. The molecule has 0 bridgehead atoms. The summed E-state index contributed by atoms with van der Waals surface area (Å²) in [5.74, 6) is -0.0231. The topological polar surface area (TPSA) is 62.1 Å². The van der Waals surface area contributed by atoms with Crippen molar-refractivity contribution in [3.8, 4) is 0 Å². The first-order valence-electron chi connectivity index (χ1n) is 6.51. The zero-order valence-corrected chi connectivity index (χ0v) is 12.6. The van der Waals surface area contributed by atoms with Crippen LogP contribution in [0.5, 0.6) is 0 Å². The number of fused-ring (bicyclic) bond motifs is 3. The summed E-state index contributed by atoms with van der Waals surface area (Å²) in [5.41, 5.74) is 8.76. The van der Waals surface area contributed by atoms with E-state index in [1.54, 1.807) is 17.9 Å². The van der Waals surface area contributed by atoms with Crippen LogP contribution in [0.3, 0.4) is 0 Å². The first kappa shape index (κ1) is 13.7. The third-order valence-corrected chi connectivity index (χ3v) is 4.55. The van der Waals surface area contributed by atoms with E-state index in [4.69, 9.17) is 28.9 Å². The van der Waals surface area contributed by atoms with Gasteiger partial charge in [0, 0.05) is 36.2 Å². The van der Waals surface area contributed by atoms with Crippen molar-refractivity contribution in [2.45, 2.75) is 25.9 Å². The van der Waals surface area contributed by atoms with E-state index in [2.05, 4.69) is 4.98 Å². The molecule has 3 N–H and O–H groups in total. The van der Waals surface area contributed by atoms with Crippen molar-refractivity contribution in [3.63, 3.8) is 0 Å². The Balaban J connectivity index is 2.05. The van der Waals surface area contributed by atoms with Crippen LogP contribution in [0.4, 0.5) is 0 Å². The van der Waals surface area contributed by atoms with Gasteiger partial charge in [-0.3, -0.25) is 4.79 Å². The van der Waals surface area contributed by atoms with Crippen LogP contribution in [-0.4, -0.2) is 28.4 Å². The molecule has 0 spiro atoms. The fraction of sp³-hybridized carbons (Fsp3) is 0.357. The average molecular weight is 312 g/mol. The number of nitrogens with one attached hydrogen (secondary N) is 1. The lowest BCUT2D eigenvalue weighted by atomic mass is 10.0. The molecule has 1 aromatic heterocycles. The SMILES string of the molecule is C[C@@H](N)C(=O)N1CCc2[nH]c3c(Cl)c(Cl)ccc3c2C1. The maximum atomic E-state index is 12.0. The molecule has 20 heavy (non-hydrogen) atoms. The minimum atomic E-state index is -0.472. The van der Waals surface area contributed by atoms with E-state index in [0.717, 1.165) is 28.6 Å². The number of amides is 1. The quantitative estimate of drug-likeness (QED) is 0.850. The van der Waals surface area contributed by atoms with E-state index in [-0.39, 0.29) is 5.91 Å². The number of rotatable bonds is 1. The summed E-state index contributed by atoms with van der Waals surface area (Å²) in [5, 5.41) is 2.08. The van der Waals surface area contributed by atoms with Crippen molar-refractivity contribution in [1.82, 2.24) is 9.88 Å². The van der Waals surface area contributed by atoms with Gasteiger partial charge in [-0.25, -0.2) is 0 Å². The molecule has 0 saturated carbocycles. The summed E-state index contributed by atoms with van der Waals surface area (Å²) < 4.78 is 0. The molecule has 6 heteroatoms. The van der Waals surface area contributed by atoms with E-state index < -0.39 is 6.04 Å². The van der Waals surface area contributed by atoms with Crippen LogP contribution >= 0.6 is 23.2 Å². The first-order valence-corrected chi connectivity index (χ1v) is 7.26. The van der Waals surface area contributed by atoms with Gasteiger partial charge >= 0.3 is 0 Å². The maximum Gasteiger partial charge on any atom is 0.239 e. The molecule has 3 rings (SSSR count). The number of hydrogen-bond acceptors (Lipinski definition) is 2. The molecule has 1 aliphatic rings. The normalized spacial score (nSPS) is 16.3. The molecule has 2 aromatic rings. The molecule has 0 saturated heterocycles. The molecule has 1 amide bonds. The molecule has 106 valence electrons. The Morgan fingerprint density at radius 2 is 2.20 bits per heavy atom. The number of nitrogens with zero attached hydrogens (tertiary/aromatic N) is 1. The highest BCUT2D eigenvalue weighted by Gasteiger charge is 2.26. The van der Waals surface area contributed by atoms with Crippen LogP contribution < -0.4 is 5.73 Å². The number of halogens is 2. The highest BCUT2D eigenvalue weighted by Crippen LogP contribution is 2.35. The van der Waals surface area contributed by atoms with Gasteiger partial charge in [-0.15, -0.1) is 0 Å². The van der Waals surface area contributed by atoms with Gasteiger partial charge in [-0.05, 0) is 13.0 Å². The molecular formula is C14H15Cl2N3O. The lowest BCUT2D eigenvalue weighted by molar-refractivity contribution is -0.133. The van der Waals surface area contributed by atoms with Gasteiger partial charge in [0.05, 0.1) is 21.6 Å². The van der Waals surface area contributed by atoms with Gasteiger partial charge in [0.1, 0.15) is 0 Å². The second-order valence-corrected chi connectivity index (χ2v) is 5.95. The number of benzene rings is 1. The molecule has 1 aliphatic heterocycles. The lowest BCUT2D eigenvalue weighted by Gasteiger charge is -2.28. The third-order valence-electron chi connectivity index (χ3n) is 3.74. The monoisotopic (exact) mass is 311 g/mol. The van der Waals surface area contributed by atoms with Gasteiger partial charge in [0.15, 0.2) is 0 Å². The Morgan fingerprint density at radius 1 is 1.45 bits per heavy atom. The van der Waals surface area contributed by atoms with Gasteiger partial charge < -0.3 is 15.6 Å². The number of hydrogen-bond donors (Lipinski definition) is 2. The number of carbonyl (C=O) groups is 1. The number of aromatic nitrogens is 1. The number of aromatic amines is 1. The van der Waals surface area contributed by atoms with Crippen molar-refractivity contribution >= 4 is 40.0 Å². The Labute approximate surface area is 126 Å². The second kappa shape index (κ2) is 4.95. The average Bonchev–Trinajstić information content (AvgIpc) is 2.80. The fourth-order valence-electron chi connectivity index (χ4n) is 2.70. The van der Waals surface area contributed by atoms with E-state index in [1.165, 1.54) is 0 Å². The Bertz CT molecular complexity index is 693. The zero-order chi connectivity index (χ0) is 14.4. The maximum absolute atomic E-state index is 12.0. The first-order chi connectivity index (χ1) is 9.49.